The quantitative estimate of drug-likeness (QED) is 0.368. The maximum Gasteiger partial charge on any atom is 0.337 e. The molecule has 0 unspecified atom stereocenters. The third-order valence-electron chi connectivity index (χ3n) is 2.84. The Kier molecular flexibility index (Phi) is 9.24. The highest BCUT2D eigenvalue weighted by Gasteiger charge is 2.14. The fourth-order valence-corrected chi connectivity index (χ4v) is 1.90. The SMILES string of the molecule is CCCCCCOC(=O)COCC(=O)Oc1c(F)cccc1Cl. The van der Waals surface area contributed by atoms with Crippen LogP contribution in [0.1, 0.15) is 32.6 Å². The molecule has 0 aliphatic carbocycles. The van der Waals surface area contributed by atoms with Gasteiger partial charge in [-0.25, -0.2) is 14.0 Å². The van der Waals surface area contributed by atoms with Crippen molar-refractivity contribution in [2.24, 2.45) is 0 Å². The van der Waals surface area contributed by atoms with E-state index in [0.29, 0.717) is 6.61 Å². The predicted molar refractivity (Wildman–Crippen MR) is 83.0 cm³/mol. The molecule has 0 aromatic heterocycles. The van der Waals surface area contributed by atoms with Crippen molar-refractivity contribution >= 4 is 23.5 Å². The molecule has 0 N–H and O–H groups in total. The Labute approximate surface area is 139 Å². The molecule has 0 atom stereocenters. The van der Waals surface area contributed by atoms with Gasteiger partial charge in [0.2, 0.25) is 0 Å². The zero-order chi connectivity index (χ0) is 17.1. The van der Waals surface area contributed by atoms with Gasteiger partial charge >= 0.3 is 11.9 Å². The second-order valence-corrected chi connectivity index (χ2v) is 5.21. The highest BCUT2D eigenvalue weighted by molar-refractivity contribution is 6.32. The van der Waals surface area contributed by atoms with Crippen LogP contribution in [0, 0.1) is 5.82 Å². The van der Waals surface area contributed by atoms with E-state index in [2.05, 4.69) is 6.92 Å². The largest absolute Gasteiger partial charge is 0.464 e. The molecule has 0 saturated carbocycles. The molecule has 0 aliphatic rings. The molecular formula is C16H20ClFO5. The number of benzene rings is 1. The van der Waals surface area contributed by atoms with E-state index in [1.807, 2.05) is 0 Å². The first kappa shape index (κ1) is 19.4. The lowest BCUT2D eigenvalue weighted by molar-refractivity contribution is -0.152. The highest BCUT2D eigenvalue weighted by Crippen LogP contribution is 2.27. The van der Waals surface area contributed by atoms with E-state index >= 15 is 0 Å². The number of rotatable bonds is 10. The Bertz CT molecular complexity index is 501. The predicted octanol–water partition coefficient (Wildman–Crippen LogP) is 3.52. The Balaban J connectivity index is 2.20. The maximum absolute atomic E-state index is 13.4. The van der Waals surface area contributed by atoms with Crippen molar-refractivity contribution in [3.63, 3.8) is 0 Å². The van der Waals surface area contributed by atoms with Crippen LogP contribution in [0.5, 0.6) is 5.75 Å². The van der Waals surface area contributed by atoms with Crippen molar-refractivity contribution in [1.82, 2.24) is 0 Å². The van der Waals surface area contributed by atoms with E-state index in [1.165, 1.54) is 12.1 Å². The average Bonchev–Trinajstić information content (AvgIpc) is 2.51. The molecule has 0 radical (unpaired) electrons. The van der Waals surface area contributed by atoms with Gasteiger partial charge in [-0.3, -0.25) is 0 Å². The first-order valence-corrected chi connectivity index (χ1v) is 7.80. The molecule has 1 aromatic rings. The fourth-order valence-electron chi connectivity index (χ4n) is 1.70. The number of para-hydroxylation sites is 1. The van der Waals surface area contributed by atoms with Crippen molar-refractivity contribution in [3.8, 4) is 5.75 Å². The third-order valence-corrected chi connectivity index (χ3v) is 3.13. The first-order chi connectivity index (χ1) is 11.0. The molecular weight excluding hydrogens is 327 g/mol. The van der Waals surface area contributed by atoms with E-state index in [-0.39, 0.29) is 17.4 Å². The number of carbonyl (C=O) groups excluding carboxylic acids is 2. The molecule has 0 aliphatic heterocycles. The van der Waals surface area contributed by atoms with Gasteiger partial charge in [-0.1, -0.05) is 43.9 Å². The summed E-state index contributed by atoms with van der Waals surface area (Å²) in [5.74, 6) is -2.52. The van der Waals surface area contributed by atoms with Gasteiger partial charge in [0.15, 0.2) is 11.6 Å². The monoisotopic (exact) mass is 346 g/mol. The van der Waals surface area contributed by atoms with Gasteiger partial charge in [0, 0.05) is 0 Å². The minimum atomic E-state index is -0.854. The molecule has 128 valence electrons. The smallest absolute Gasteiger partial charge is 0.337 e. The molecule has 0 saturated heterocycles. The van der Waals surface area contributed by atoms with E-state index in [4.69, 9.17) is 25.8 Å². The molecule has 1 rings (SSSR count). The van der Waals surface area contributed by atoms with Crippen LogP contribution in [0.3, 0.4) is 0 Å². The van der Waals surface area contributed by atoms with Crippen LogP contribution in [0.15, 0.2) is 18.2 Å². The molecule has 0 amide bonds. The molecule has 7 heteroatoms. The van der Waals surface area contributed by atoms with E-state index in [9.17, 15) is 14.0 Å². The number of halogens is 2. The van der Waals surface area contributed by atoms with Crippen molar-refractivity contribution in [2.45, 2.75) is 32.6 Å². The minimum absolute atomic E-state index is 0.0233. The summed E-state index contributed by atoms with van der Waals surface area (Å²) in [5, 5.41) is -0.0233. The average molecular weight is 347 g/mol. The lowest BCUT2D eigenvalue weighted by atomic mass is 10.2. The number of ether oxygens (including phenoxy) is 3. The number of unbranched alkanes of at least 4 members (excludes halogenated alkanes) is 3. The summed E-state index contributed by atoms with van der Waals surface area (Å²) in [6.07, 6.45) is 4.00. The van der Waals surface area contributed by atoms with Crippen LogP contribution in [0.4, 0.5) is 4.39 Å². The molecule has 0 fully saturated rings. The van der Waals surface area contributed by atoms with Gasteiger partial charge in [-0.05, 0) is 18.6 Å². The lowest BCUT2D eigenvalue weighted by Crippen LogP contribution is -2.21. The number of carbonyl (C=O) groups is 2. The highest BCUT2D eigenvalue weighted by atomic mass is 35.5. The van der Waals surface area contributed by atoms with Gasteiger partial charge in [-0.2, -0.15) is 0 Å². The van der Waals surface area contributed by atoms with Crippen molar-refractivity contribution in [2.75, 3.05) is 19.8 Å². The normalized spacial score (nSPS) is 10.4. The summed E-state index contributed by atoms with van der Waals surface area (Å²) in [5.41, 5.74) is 0. The zero-order valence-electron chi connectivity index (χ0n) is 13.0. The van der Waals surface area contributed by atoms with Gasteiger partial charge in [-0.15, -0.1) is 0 Å². The van der Waals surface area contributed by atoms with E-state index < -0.39 is 24.4 Å². The van der Waals surface area contributed by atoms with Crippen LogP contribution in [-0.2, 0) is 19.1 Å². The van der Waals surface area contributed by atoms with Crippen molar-refractivity contribution in [1.29, 1.82) is 0 Å². The van der Waals surface area contributed by atoms with Gasteiger partial charge in [0.05, 0.1) is 11.6 Å². The summed E-state index contributed by atoms with van der Waals surface area (Å²) in [6, 6.07) is 3.90. The molecule has 5 nitrogen and oxygen atoms in total. The van der Waals surface area contributed by atoms with Crippen molar-refractivity contribution in [3.05, 3.63) is 29.0 Å². The lowest BCUT2D eigenvalue weighted by Gasteiger charge is -2.08. The van der Waals surface area contributed by atoms with Gasteiger partial charge in [0.1, 0.15) is 13.2 Å². The molecule has 0 spiro atoms. The van der Waals surface area contributed by atoms with Crippen LogP contribution in [0.2, 0.25) is 5.02 Å². The zero-order valence-corrected chi connectivity index (χ0v) is 13.7. The molecule has 0 heterocycles. The number of esters is 2. The Hall–Kier alpha value is -1.66. The first-order valence-electron chi connectivity index (χ1n) is 7.42. The summed E-state index contributed by atoms with van der Waals surface area (Å²) >= 11 is 5.72. The van der Waals surface area contributed by atoms with Crippen LogP contribution < -0.4 is 4.74 Å². The second-order valence-electron chi connectivity index (χ2n) is 4.80. The maximum atomic E-state index is 13.4. The second kappa shape index (κ2) is 11.0. The Morgan fingerprint density at radius 2 is 1.87 bits per heavy atom. The topological polar surface area (TPSA) is 61.8 Å². The summed E-state index contributed by atoms with van der Waals surface area (Å²) in [7, 11) is 0. The standard InChI is InChI=1S/C16H20ClFO5/c1-2-3-4-5-9-22-14(19)10-21-11-15(20)23-16-12(17)7-6-8-13(16)18/h6-8H,2-5,9-11H2,1H3. The van der Waals surface area contributed by atoms with E-state index in [0.717, 1.165) is 31.7 Å². The van der Waals surface area contributed by atoms with Gasteiger partial charge < -0.3 is 14.2 Å². The number of hydrogen-bond acceptors (Lipinski definition) is 5. The molecule has 0 bridgehead atoms. The van der Waals surface area contributed by atoms with Crippen molar-refractivity contribution < 1.29 is 28.2 Å². The summed E-state index contributed by atoms with van der Waals surface area (Å²) in [6.45, 7) is 1.55. The van der Waals surface area contributed by atoms with Gasteiger partial charge in [0.25, 0.3) is 0 Å². The Morgan fingerprint density at radius 3 is 2.57 bits per heavy atom. The molecule has 23 heavy (non-hydrogen) atoms. The third kappa shape index (κ3) is 7.95. The number of hydrogen-bond donors (Lipinski definition) is 0. The Morgan fingerprint density at radius 1 is 1.13 bits per heavy atom. The van der Waals surface area contributed by atoms with E-state index in [1.54, 1.807) is 0 Å². The van der Waals surface area contributed by atoms with Crippen LogP contribution in [-0.4, -0.2) is 31.8 Å². The minimum Gasteiger partial charge on any atom is -0.464 e. The van der Waals surface area contributed by atoms with Crippen LogP contribution in [0.25, 0.3) is 0 Å². The summed E-state index contributed by atoms with van der Waals surface area (Å²) in [4.78, 5) is 22.8. The molecule has 1 aromatic carbocycles. The van der Waals surface area contributed by atoms with Crippen LogP contribution >= 0.6 is 11.6 Å². The summed E-state index contributed by atoms with van der Waals surface area (Å²) < 4.78 is 28.0. The fraction of sp³-hybridized carbons (Fsp3) is 0.500.